The first-order chi connectivity index (χ1) is 10.4. The summed E-state index contributed by atoms with van der Waals surface area (Å²) in [4.78, 5) is 8.39. The van der Waals surface area contributed by atoms with E-state index in [1.807, 2.05) is 54.6 Å². The SMILES string of the molecule is Brc1c2ccccc2nc2ccccc12.c1ccncc1. The van der Waals surface area contributed by atoms with Gasteiger partial charge in [0.05, 0.1) is 11.0 Å². The van der Waals surface area contributed by atoms with Crippen molar-refractivity contribution in [3.63, 3.8) is 0 Å². The molecule has 0 saturated heterocycles. The van der Waals surface area contributed by atoms with Gasteiger partial charge in [-0.3, -0.25) is 4.98 Å². The van der Waals surface area contributed by atoms with Crippen molar-refractivity contribution in [1.29, 1.82) is 0 Å². The van der Waals surface area contributed by atoms with Gasteiger partial charge >= 0.3 is 0 Å². The average Bonchev–Trinajstić information content (AvgIpc) is 2.57. The molecule has 4 rings (SSSR count). The van der Waals surface area contributed by atoms with Crippen LogP contribution in [0.2, 0.25) is 0 Å². The molecule has 0 aliphatic rings. The molecular formula is C18H13BrN2. The van der Waals surface area contributed by atoms with Crippen LogP contribution in [-0.4, -0.2) is 9.97 Å². The molecule has 0 amide bonds. The average molecular weight is 337 g/mol. The van der Waals surface area contributed by atoms with Gasteiger partial charge in [0.2, 0.25) is 0 Å². The smallest absolute Gasteiger partial charge is 0.0721 e. The number of nitrogens with zero attached hydrogens (tertiary/aromatic N) is 2. The van der Waals surface area contributed by atoms with Gasteiger partial charge in [-0.05, 0) is 40.2 Å². The van der Waals surface area contributed by atoms with Crippen molar-refractivity contribution in [3.05, 3.63) is 83.6 Å². The fraction of sp³-hybridized carbons (Fsp3) is 0. The molecule has 0 unspecified atom stereocenters. The number of rotatable bonds is 0. The highest BCUT2D eigenvalue weighted by Crippen LogP contribution is 2.29. The van der Waals surface area contributed by atoms with Crippen LogP contribution in [-0.2, 0) is 0 Å². The van der Waals surface area contributed by atoms with Crippen LogP contribution in [0.25, 0.3) is 21.8 Å². The Morgan fingerprint density at radius 3 is 1.57 bits per heavy atom. The summed E-state index contributed by atoms with van der Waals surface area (Å²) in [6, 6.07) is 22.0. The van der Waals surface area contributed by atoms with E-state index in [1.165, 1.54) is 0 Å². The van der Waals surface area contributed by atoms with Gasteiger partial charge in [-0.25, -0.2) is 4.98 Å². The van der Waals surface area contributed by atoms with Gasteiger partial charge < -0.3 is 0 Å². The van der Waals surface area contributed by atoms with E-state index in [0.29, 0.717) is 0 Å². The summed E-state index contributed by atoms with van der Waals surface area (Å²) in [7, 11) is 0. The van der Waals surface area contributed by atoms with Gasteiger partial charge in [0.1, 0.15) is 0 Å². The Morgan fingerprint density at radius 1 is 0.619 bits per heavy atom. The molecule has 0 fully saturated rings. The third-order valence-electron chi connectivity index (χ3n) is 3.09. The zero-order valence-corrected chi connectivity index (χ0v) is 12.9. The van der Waals surface area contributed by atoms with Crippen molar-refractivity contribution in [2.24, 2.45) is 0 Å². The van der Waals surface area contributed by atoms with E-state index in [-0.39, 0.29) is 0 Å². The highest BCUT2D eigenvalue weighted by atomic mass is 79.9. The molecule has 4 aromatic rings. The Bertz CT molecular complexity index is 780. The Balaban J connectivity index is 0.000000186. The molecule has 2 heterocycles. The van der Waals surface area contributed by atoms with E-state index < -0.39 is 0 Å². The molecule has 21 heavy (non-hydrogen) atoms. The predicted molar refractivity (Wildman–Crippen MR) is 91.2 cm³/mol. The second-order valence-electron chi connectivity index (χ2n) is 4.48. The number of aromatic nitrogens is 2. The van der Waals surface area contributed by atoms with Gasteiger partial charge in [-0.2, -0.15) is 0 Å². The summed E-state index contributed by atoms with van der Waals surface area (Å²) in [5.74, 6) is 0. The van der Waals surface area contributed by atoms with E-state index in [4.69, 9.17) is 0 Å². The molecule has 0 bridgehead atoms. The molecule has 102 valence electrons. The highest BCUT2D eigenvalue weighted by molar-refractivity contribution is 9.10. The van der Waals surface area contributed by atoms with Gasteiger partial charge in [0.25, 0.3) is 0 Å². The highest BCUT2D eigenvalue weighted by Gasteiger charge is 2.04. The largest absolute Gasteiger partial charge is 0.265 e. The lowest BCUT2D eigenvalue weighted by atomic mass is 10.1. The standard InChI is InChI=1S/C13H8BrN.C5H5N/c14-13-9-5-1-3-7-11(9)15-12-8-4-2-6-10(12)13;1-2-4-6-5-3-1/h1-8H;1-5H. The summed E-state index contributed by atoms with van der Waals surface area (Å²) in [5.41, 5.74) is 2.06. The lowest BCUT2D eigenvalue weighted by molar-refractivity contribution is 1.33. The first-order valence-electron chi connectivity index (χ1n) is 6.64. The number of halogens is 1. The Morgan fingerprint density at radius 2 is 1.14 bits per heavy atom. The van der Waals surface area contributed by atoms with Crippen LogP contribution in [0.4, 0.5) is 0 Å². The minimum absolute atomic E-state index is 1.03. The lowest BCUT2D eigenvalue weighted by Crippen LogP contribution is -1.83. The van der Waals surface area contributed by atoms with Crippen LogP contribution in [0.15, 0.2) is 83.6 Å². The van der Waals surface area contributed by atoms with Crippen molar-refractivity contribution >= 4 is 37.7 Å². The third-order valence-corrected chi connectivity index (χ3v) is 3.94. The molecular weight excluding hydrogens is 324 g/mol. The van der Waals surface area contributed by atoms with Crippen molar-refractivity contribution in [1.82, 2.24) is 9.97 Å². The van der Waals surface area contributed by atoms with Crippen molar-refractivity contribution in [3.8, 4) is 0 Å². The molecule has 2 aromatic carbocycles. The Hall–Kier alpha value is -2.26. The Labute approximate surface area is 131 Å². The van der Waals surface area contributed by atoms with Gasteiger partial charge in [0, 0.05) is 27.6 Å². The van der Waals surface area contributed by atoms with Gasteiger partial charge in [0.15, 0.2) is 0 Å². The zero-order valence-electron chi connectivity index (χ0n) is 11.3. The fourth-order valence-electron chi connectivity index (χ4n) is 2.10. The van der Waals surface area contributed by atoms with Crippen LogP contribution in [0, 0.1) is 0 Å². The van der Waals surface area contributed by atoms with Gasteiger partial charge in [-0.15, -0.1) is 0 Å². The lowest BCUT2D eigenvalue weighted by Gasteiger charge is -2.04. The number of hydrogen-bond donors (Lipinski definition) is 0. The molecule has 2 aromatic heterocycles. The van der Waals surface area contributed by atoms with E-state index in [2.05, 4.69) is 38.0 Å². The number of para-hydroxylation sites is 2. The van der Waals surface area contributed by atoms with Crippen molar-refractivity contribution < 1.29 is 0 Å². The summed E-state index contributed by atoms with van der Waals surface area (Å²) in [5, 5.41) is 2.33. The van der Waals surface area contributed by atoms with Crippen LogP contribution >= 0.6 is 15.9 Å². The van der Waals surface area contributed by atoms with Crippen LogP contribution in [0.5, 0.6) is 0 Å². The molecule has 2 nitrogen and oxygen atoms in total. The topological polar surface area (TPSA) is 25.8 Å². The van der Waals surface area contributed by atoms with Crippen LogP contribution < -0.4 is 0 Å². The van der Waals surface area contributed by atoms with E-state index >= 15 is 0 Å². The maximum Gasteiger partial charge on any atom is 0.0721 e. The molecule has 0 aliphatic carbocycles. The minimum Gasteiger partial charge on any atom is -0.265 e. The van der Waals surface area contributed by atoms with Crippen LogP contribution in [0.1, 0.15) is 0 Å². The minimum atomic E-state index is 1.03. The van der Waals surface area contributed by atoms with E-state index in [1.54, 1.807) is 12.4 Å². The van der Waals surface area contributed by atoms with Crippen molar-refractivity contribution in [2.45, 2.75) is 0 Å². The second kappa shape index (κ2) is 6.46. The van der Waals surface area contributed by atoms with E-state index in [0.717, 1.165) is 26.3 Å². The number of pyridine rings is 2. The molecule has 0 spiro atoms. The third kappa shape index (κ3) is 3.09. The molecule has 0 radical (unpaired) electrons. The monoisotopic (exact) mass is 336 g/mol. The summed E-state index contributed by atoms with van der Waals surface area (Å²) < 4.78 is 1.13. The fourth-order valence-corrected chi connectivity index (χ4v) is 2.77. The number of fused-ring (bicyclic) bond motifs is 2. The maximum absolute atomic E-state index is 4.61. The van der Waals surface area contributed by atoms with Crippen LogP contribution in [0.3, 0.4) is 0 Å². The predicted octanol–water partition coefficient (Wildman–Crippen LogP) is 5.23. The second-order valence-corrected chi connectivity index (χ2v) is 5.28. The zero-order chi connectivity index (χ0) is 14.5. The molecule has 0 atom stereocenters. The Kier molecular flexibility index (Phi) is 4.22. The molecule has 0 aliphatic heterocycles. The van der Waals surface area contributed by atoms with Crippen molar-refractivity contribution in [2.75, 3.05) is 0 Å². The van der Waals surface area contributed by atoms with E-state index in [9.17, 15) is 0 Å². The number of hydrogen-bond acceptors (Lipinski definition) is 2. The molecule has 0 saturated carbocycles. The number of benzene rings is 2. The quantitative estimate of drug-likeness (QED) is 0.411. The molecule has 3 heteroatoms. The first-order valence-corrected chi connectivity index (χ1v) is 7.43. The maximum atomic E-state index is 4.61. The molecule has 0 N–H and O–H groups in total. The summed E-state index contributed by atoms with van der Waals surface area (Å²) in [6.07, 6.45) is 3.50. The normalized spacial score (nSPS) is 10.1. The first kappa shape index (κ1) is 13.7. The summed E-state index contributed by atoms with van der Waals surface area (Å²) >= 11 is 3.64. The van der Waals surface area contributed by atoms with Gasteiger partial charge in [-0.1, -0.05) is 42.5 Å². The summed E-state index contributed by atoms with van der Waals surface area (Å²) in [6.45, 7) is 0.